The number of halogens is 2. The van der Waals surface area contributed by atoms with Gasteiger partial charge < -0.3 is 10.1 Å². The molecule has 5 heteroatoms. The van der Waals surface area contributed by atoms with Crippen molar-refractivity contribution in [2.45, 2.75) is 32.4 Å². The largest absolute Gasteiger partial charge is 0.374 e. The van der Waals surface area contributed by atoms with E-state index in [-0.39, 0.29) is 18.0 Å². The molecule has 2 atom stereocenters. The van der Waals surface area contributed by atoms with Crippen molar-refractivity contribution in [3.63, 3.8) is 0 Å². The van der Waals surface area contributed by atoms with Gasteiger partial charge in [-0.2, -0.15) is 0 Å². The van der Waals surface area contributed by atoms with Crippen LogP contribution < -0.4 is 5.32 Å². The maximum Gasteiger partial charge on any atom is 0.124 e. The van der Waals surface area contributed by atoms with Gasteiger partial charge in [-0.15, -0.1) is 0 Å². The SMILES string of the molecule is CCNC(Cc1ccc(F)cc1Cl)C1CN(CC)CCO1. The quantitative estimate of drug-likeness (QED) is 0.874. The Bertz CT molecular complexity index is 458. The maximum atomic E-state index is 13.2. The molecule has 0 saturated carbocycles. The Hall–Kier alpha value is -0.680. The van der Waals surface area contributed by atoms with Gasteiger partial charge in [0.1, 0.15) is 5.82 Å². The molecule has 1 aliphatic heterocycles. The van der Waals surface area contributed by atoms with Crippen molar-refractivity contribution in [2.24, 2.45) is 0 Å². The van der Waals surface area contributed by atoms with Crippen LogP contribution in [-0.4, -0.2) is 49.8 Å². The van der Waals surface area contributed by atoms with Crippen LogP contribution in [0.2, 0.25) is 5.02 Å². The van der Waals surface area contributed by atoms with Crippen molar-refractivity contribution < 1.29 is 9.13 Å². The van der Waals surface area contributed by atoms with E-state index in [9.17, 15) is 4.39 Å². The van der Waals surface area contributed by atoms with Gasteiger partial charge in [0.15, 0.2) is 0 Å². The predicted molar refractivity (Wildman–Crippen MR) is 84.4 cm³/mol. The van der Waals surface area contributed by atoms with Crippen molar-refractivity contribution in [1.82, 2.24) is 10.2 Å². The second kappa shape index (κ2) is 8.08. The molecule has 1 fully saturated rings. The first kappa shape index (κ1) is 16.7. The highest BCUT2D eigenvalue weighted by Crippen LogP contribution is 2.21. The minimum absolute atomic E-state index is 0.139. The summed E-state index contributed by atoms with van der Waals surface area (Å²) in [6.45, 7) is 8.83. The zero-order valence-electron chi connectivity index (χ0n) is 12.7. The average Bonchev–Trinajstić information content (AvgIpc) is 2.49. The molecule has 0 aromatic heterocycles. The van der Waals surface area contributed by atoms with E-state index < -0.39 is 0 Å². The van der Waals surface area contributed by atoms with Gasteiger partial charge in [-0.05, 0) is 37.2 Å². The monoisotopic (exact) mass is 314 g/mol. The number of nitrogens with one attached hydrogen (secondary N) is 1. The minimum atomic E-state index is -0.296. The molecule has 1 saturated heterocycles. The summed E-state index contributed by atoms with van der Waals surface area (Å²) < 4.78 is 19.1. The zero-order chi connectivity index (χ0) is 15.2. The Morgan fingerprint density at radius 2 is 2.29 bits per heavy atom. The molecule has 1 aromatic rings. The summed E-state index contributed by atoms with van der Waals surface area (Å²) >= 11 is 6.15. The fourth-order valence-electron chi connectivity index (χ4n) is 2.78. The first-order valence-electron chi connectivity index (χ1n) is 7.65. The molecule has 2 unspecified atom stereocenters. The Kier molecular flexibility index (Phi) is 6.42. The van der Waals surface area contributed by atoms with Crippen LogP contribution in [0.4, 0.5) is 4.39 Å². The molecule has 0 amide bonds. The third kappa shape index (κ3) is 4.65. The van der Waals surface area contributed by atoms with Crippen LogP contribution in [0, 0.1) is 5.82 Å². The Labute approximate surface area is 131 Å². The van der Waals surface area contributed by atoms with Gasteiger partial charge in [0.2, 0.25) is 0 Å². The normalized spacial score (nSPS) is 21.4. The number of morpholine rings is 1. The second-order valence-corrected chi connectivity index (χ2v) is 5.81. The van der Waals surface area contributed by atoms with E-state index in [2.05, 4.69) is 24.1 Å². The first-order valence-corrected chi connectivity index (χ1v) is 8.03. The van der Waals surface area contributed by atoms with Crippen LogP contribution >= 0.6 is 11.6 Å². The fraction of sp³-hybridized carbons (Fsp3) is 0.625. The highest BCUT2D eigenvalue weighted by molar-refractivity contribution is 6.31. The Morgan fingerprint density at radius 1 is 1.48 bits per heavy atom. The lowest BCUT2D eigenvalue weighted by molar-refractivity contribution is -0.0445. The predicted octanol–water partition coefficient (Wildman–Crippen LogP) is 2.72. The summed E-state index contributed by atoms with van der Waals surface area (Å²) in [5.74, 6) is -0.296. The van der Waals surface area contributed by atoms with E-state index in [0.717, 1.165) is 44.8 Å². The Balaban J connectivity index is 2.07. The van der Waals surface area contributed by atoms with E-state index in [0.29, 0.717) is 5.02 Å². The van der Waals surface area contributed by atoms with E-state index in [1.165, 1.54) is 12.1 Å². The number of ether oxygens (including phenoxy) is 1. The summed E-state index contributed by atoms with van der Waals surface area (Å²) in [5.41, 5.74) is 0.959. The molecule has 0 aliphatic carbocycles. The van der Waals surface area contributed by atoms with Crippen molar-refractivity contribution >= 4 is 11.6 Å². The number of rotatable bonds is 6. The van der Waals surface area contributed by atoms with Gasteiger partial charge in [0, 0.05) is 24.2 Å². The van der Waals surface area contributed by atoms with Gasteiger partial charge in [0.05, 0.1) is 12.7 Å². The molecule has 1 N–H and O–H groups in total. The van der Waals surface area contributed by atoms with Crippen molar-refractivity contribution in [1.29, 1.82) is 0 Å². The number of nitrogens with zero attached hydrogens (tertiary/aromatic N) is 1. The van der Waals surface area contributed by atoms with Crippen molar-refractivity contribution in [3.05, 3.63) is 34.6 Å². The van der Waals surface area contributed by atoms with Crippen LogP contribution in [0.1, 0.15) is 19.4 Å². The maximum absolute atomic E-state index is 13.2. The van der Waals surface area contributed by atoms with Crippen LogP contribution in [0.25, 0.3) is 0 Å². The molecule has 0 radical (unpaired) electrons. The summed E-state index contributed by atoms with van der Waals surface area (Å²) in [5, 5.41) is 3.97. The van der Waals surface area contributed by atoms with E-state index in [4.69, 9.17) is 16.3 Å². The van der Waals surface area contributed by atoms with E-state index >= 15 is 0 Å². The smallest absolute Gasteiger partial charge is 0.124 e. The highest BCUT2D eigenvalue weighted by atomic mass is 35.5. The first-order chi connectivity index (χ1) is 10.1. The number of likely N-dealkylation sites (N-methyl/N-ethyl adjacent to an activating group) is 2. The molecule has 2 rings (SSSR count). The number of benzene rings is 1. The van der Waals surface area contributed by atoms with Gasteiger partial charge >= 0.3 is 0 Å². The molecule has 0 spiro atoms. The van der Waals surface area contributed by atoms with Gasteiger partial charge in [-0.3, -0.25) is 4.90 Å². The molecular weight excluding hydrogens is 291 g/mol. The molecule has 1 heterocycles. The van der Waals surface area contributed by atoms with Crippen LogP contribution in [0.3, 0.4) is 0 Å². The Morgan fingerprint density at radius 3 is 2.95 bits per heavy atom. The lowest BCUT2D eigenvalue weighted by atomic mass is 9.99. The lowest BCUT2D eigenvalue weighted by Crippen LogP contribution is -2.53. The summed E-state index contributed by atoms with van der Waals surface area (Å²) in [6.07, 6.45) is 0.884. The van der Waals surface area contributed by atoms with Crippen LogP contribution in [0.15, 0.2) is 18.2 Å². The molecule has 1 aromatic carbocycles. The van der Waals surface area contributed by atoms with Crippen molar-refractivity contribution in [2.75, 3.05) is 32.8 Å². The third-order valence-electron chi connectivity index (χ3n) is 3.99. The van der Waals surface area contributed by atoms with Gasteiger partial charge in [-0.25, -0.2) is 4.39 Å². The standard InChI is InChI=1S/C16H24ClFN2O/c1-3-19-15(16-11-20(4-2)7-8-21-16)9-12-5-6-13(18)10-14(12)17/h5-6,10,15-16,19H,3-4,7-9,11H2,1-2H3. The van der Waals surface area contributed by atoms with Crippen LogP contribution in [-0.2, 0) is 11.2 Å². The van der Waals surface area contributed by atoms with Crippen LogP contribution in [0.5, 0.6) is 0 Å². The summed E-state index contributed by atoms with van der Waals surface area (Å²) in [7, 11) is 0. The molecule has 1 aliphatic rings. The summed E-state index contributed by atoms with van der Waals surface area (Å²) in [4.78, 5) is 2.39. The zero-order valence-corrected chi connectivity index (χ0v) is 13.5. The molecule has 3 nitrogen and oxygen atoms in total. The highest BCUT2D eigenvalue weighted by Gasteiger charge is 2.27. The molecule has 21 heavy (non-hydrogen) atoms. The van der Waals surface area contributed by atoms with E-state index in [1.807, 2.05) is 0 Å². The fourth-order valence-corrected chi connectivity index (χ4v) is 3.03. The molecular formula is C16H24ClFN2O. The average molecular weight is 315 g/mol. The van der Waals surface area contributed by atoms with Gasteiger partial charge in [-0.1, -0.05) is 31.5 Å². The second-order valence-electron chi connectivity index (χ2n) is 5.41. The molecule has 118 valence electrons. The van der Waals surface area contributed by atoms with Crippen molar-refractivity contribution in [3.8, 4) is 0 Å². The molecule has 0 bridgehead atoms. The summed E-state index contributed by atoms with van der Waals surface area (Å²) in [6, 6.07) is 4.79. The van der Waals surface area contributed by atoms with E-state index in [1.54, 1.807) is 6.07 Å². The number of hydrogen-bond donors (Lipinski definition) is 1. The number of hydrogen-bond acceptors (Lipinski definition) is 3. The third-order valence-corrected chi connectivity index (χ3v) is 4.35. The minimum Gasteiger partial charge on any atom is -0.374 e. The lowest BCUT2D eigenvalue weighted by Gasteiger charge is -2.37. The topological polar surface area (TPSA) is 24.5 Å². The van der Waals surface area contributed by atoms with Gasteiger partial charge in [0.25, 0.3) is 0 Å².